The summed E-state index contributed by atoms with van der Waals surface area (Å²) < 4.78 is 8.43. The van der Waals surface area contributed by atoms with Crippen LogP contribution in [0.25, 0.3) is 11.0 Å². The van der Waals surface area contributed by atoms with Gasteiger partial charge in [-0.2, -0.15) is 5.10 Å². The largest absolute Gasteiger partial charge is 0.493 e. The van der Waals surface area contributed by atoms with Crippen molar-refractivity contribution in [3.63, 3.8) is 0 Å². The van der Waals surface area contributed by atoms with Crippen LogP contribution in [0.3, 0.4) is 0 Å². The Balaban J connectivity index is 1.52. The average Bonchev–Trinajstić information content (AvgIpc) is 3.02. The molecule has 2 heterocycles. The standard InChI is InChI=1S/C18H20ClN5O3/c1-22(7-4-8-27-14-6-3-5-13(19)9-14)16(25)11-24-12-20-17-15(18(24)26)10-21-23(17)2/h3,5-6,9-10,12H,4,7-8,11H2,1-2H3. The highest BCUT2D eigenvalue weighted by molar-refractivity contribution is 6.30. The van der Waals surface area contributed by atoms with Gasteiger partial charge in [0.15, 0.2) is 5.65 Å². The molecule has 0 spiro atoms. The minimum Gasteiger partial charge on any atom is -0.493 e. The second kappa shape index (κ2) is 8.22. The molecule has 0 aliphatic rings. The number of carbonyl (C=O) groups excluding carboxylic acids is 1. The Hall–Kier alpha value is -2.87. The van der Waals surface area contributed by atoms with Crippen molar-refractivity contribution in [2.75, 3.05) is 20.2 Å². The van der Waals surface area contributed by atoms with Gasteiger partial charge in [0.1, 0.15) is 24.0 Å². The Kier molecular flexibility index (Phi) is 5.75. The molecule has 0 radical (unpaired) electrons. The molecule has 27 heavy (non-hydrogen) atoms. The number of fused-ring (bicyclic) bond motifs is 1. The van der Waals surface area contributed by atoms with Gasteiger partial charge in [0.2, 0.25) is 5.91 Å². The van der Waals surface area contributed by atoms with Gasteiger partial charge in [0.25, 0.3) is 5.56 Å². The third-order valence-corrected chi connectivity index (χ3v) is 4.39. The van der Waals surface area contributed by atoms with Crippen molar-refractivity contribution < 1.29 is 9.53 Å². The average molecular weight is 390 g/mol. The van der Waals surface area contributed by atoms with E-state index in [1.807, 2.05) is 12.1 Å². The van der Waals surface area contributed by atoms with Gasteiger partial charge >= 0.3 is 0 Å². The van der Waals surface area contributed by atoms with Crippen LogP contribution < -0.4 is 10.3 Å². The van der Waals surface area contributed by atoms with Crippen LogP contribution in [-0.2, 0) is 18.4 Å². The summed E-state index contributed by atoms with van der Waals surface area (Å²) in [6.45, 7) is 0.903. The molecule has 0 saturated heterocycles. The number of likely N-dealkylation sites (N-methyl/N-ethyl adjacent to an activating group) is 1. The fraction of sp³-hybridized carbons (Fsp3) is 0.333. The van der Waals surface area contributed by atoms with Crippen molar-refractivity contribution in [3.8, 4) is 5.75 Å². The van der Waals surface area contributed by atoms with Gasteiger partial charge in [-0.1, -0.05) is 17.7 Å². The topological polar surface area (TPSA) is 82.2 Å². The number of rotatable bonds is 7. The number of carbonyl (C=O) groups is 1. The lowest BCUT2D eigenvalue weighted by molar-refractivity contribution is -0.130. The van der Waals surface area contributed by atoms with Gasteiger partial charge in [0.05, 0.1) is 12.8 Å². The smallest absolute Gasteiger partial charge is 0.264 e. The molecule has 1 amide bonds. The number of hydrogen-bond acceptors (Lipinski definition) is 5. The van der Waals surface area contributed by atoms with E-state index in [2.05, 4.69) is 10.1 Å². The Morgan fingerprint density at radius 3 is 2.96 bits per heavy atom. The number of halogens is 1. The van der Waals surface area contributed by atoms with Gasteiger partial charge in [-0.25, -0.2) is 4.98 Å². The Bertz CT molecular complexity index is 1010. The molecule has 2 aromatic heterocycles. The van der Waals surface area contributed by atoms with Gasteiger partial charge in [-0.3, -0.25) is 18.8 Å². The third kappa shape index (κ3) is 4.46. The van der Waals surface area contributed by atoms with Crippen LogP contribution in [0.15, 0.2) is 41.6 Å². The lowest BCUT2D eigenvalue weighted by Gasteiger charge is -2.18. The second-order valence-electron chi connectivity index (χ2n) is 6.16. The van der Waals surface area contributed by atoms with Crippen molar-refractivity contribution in [1.29, 1.82) is 0 Å². The van der Waals surface area contributed by atoms with E-state index in [1.54, 1.807) is 31.1 Å². The zero-order valence-electron chi connectivity index (χ0n) is 15.1. The molecule has 3 rings (SSSR count). The molecule has 0 aliphatic heterocycles. The molecule has 0 N–H and O–H groups in total. The van der Waals surface area contributed by atoms with E-state index in [0.29, 0.717) is 41.4 Å². The first kappa shape index (κ1) is 18.9. The van der Waals surface area contributed by atoms with E-state index in [0.717, 1.165) is 0 Å². The number of benzene rings is 1. The normalized spacial score (nSPS) is 10.9. The molecule has 0 unspecified atom stereocenters. The van der Waals surface area contributed by atoms with Crippen molar-refractivity contribution in [2.24, 2.45) is 7.05 Å². The van der Waals surface area contributed by atoms with Crippen LogP contribution in [0.1, 0.15) is 6.42 Å². The van der Waals surface area contributed by atoms with Crippen LogP contribution in [-0.4, -0.2) is 50.3 Å². The van der Waals surface area contributed by atoms with E-state index in [1.165, 1.54) is 21.8 Å². The molecular weight excluding hydrogens is 370 g/mol. The molecule has 0 fully saturated rings. The van der Waals surface area contributed by atoms with Crippen LogP contribution in [0.2, 0.25) is 5.02 Å². The van der Waals surface area contributed by atoms with Crippen molar-refractivity contribution in [1.82, 2.24) is 24.2 Å². The molecule has 0 aliphatic carbocycles. The van der Waals surface area contributed by atoms with Gasteiger partial charge in [-0.05, 0) is 24.6 Å². The minimum absolute atomic E-state index is 0.0671. The van der Waals surface area contributed by atoms with E-state index >= 15 is 0 Å². The Morgan fingerprint density at radius 2 is 2.19 bits per heavy atom. The van der Waals surface area contributed by atoms with Crippen LogP contribution in [0, 0.1) is 0 Å². The molecule has 0 atom stereocenters. The van der Waals surface area contributed by atoms with E-state index in [-0.39, 0.29) is 18.0 Å². The highest BCUT2D eigenvalue weighted by Crippen LogP contribution is 2.17. The fourth-order valence-electron chi connectivity index (χ4n) is 2.62. The summed E-state index contributed by atoms with van der Waals surface area (Å²) >= 11 is 5.91. The van der Waals surface area contributed by atoms with Gasteiger partial charge in [-0.15, -0.1) is 0 Å². The fourth-order valence-corrected chi connectivity index (χ4v) is 2.80. The number of ether oxygens (including phenoxy) is 1. The number of aryl methyl sites for hydroxylation is 1. The maximum atomic E-state index is 12.4. The zero-order valence-corrected chi connectivity index (χ0v) is 15.9. The van der Waals surface area contributed by atoms with Crippen molar-refractivity contribution in [3.05, 3.63) is 52.2 Å². The maximum absolute atomic E-state index is 12.4. The van der Waals surface area contributed by atoms with E-state index < -0.39 is 0 Å². The lowest BCUT2D eigenvalue weighted by atomic mass is 10.3. The highest BCUT2D eigenvalue weighted by atomic mass is 35.5. The Labute approximate surface area is 160 Å². The summed E-state index contributed by atoms with van der Waals surface area (Å²) in [6.07, 6.45) is 3.49. The highest BCUT2D eigenvalue weighted by Gasteiger charge is 2.13. The molecule has 142 valence electrons. The molecule has 3 aromatic rings. The van der Waals surface area contributed by atoms with E-state index in [9.17, 15) is 9.59 Å². The summed E-state index contributed by atoms with van der Waals surface area (Å²) in [5, 5.41) is 5.02. The summed E-state index contributed by atoms with van der Waals surface area (Å²) in [5.74, 6) is 0.517. The first-order valence-corrected chi connectivity index (χ1v) is 8.83. The monoisotopic (exact) mass is 389 g/mol. The van der Waals surface area contributed by atoms with Gasteiger partial charge in [0, 0.05) is 25.7 Å². The summed E-state index contributed by atoms with van der Waals surface area (Å²) in [5.41, 5.74) is 0.217. The molecular formula is C18H20ClN5O3. The molecule has 0 bridgehead atoms. The maximum Gasteiger partial charge on any atom is 0.264 e. The first-order valence-electron chi connectivity index (χ1n) is 8.45. The summed E-state index contributed by atoms with van der Waals surface area (Å²) in [6, 6.07) is 7.16. The molecule has 1 aromatic carbocycles. The summed E-state index contributed by atoms with van der Waals surface area (Å²) in [7, 11) is 3.41. The number of amides is 1. The lowest BCUT2D eigenvalue weighted by Crippen LogP contribution is -2.35. The third-order valence-electron chi connectivity index (χ3n) is 4.15. The zero-order chi connectivity index (χ0) is 19.4. The van der Waals surface area contributed by atoms with Crippen molar-refractivity contribution >= 4 is 28.5 Å². The molecule has 9 heteroatoms. The SMILES string of the molecule is CN(CCCOc1cccc(Cl)c1)C(=O)Cn1cnc2c(cnn2C)c1=O. The summed E-state index contributed by atoms with van der Waals surface area (Å²) in [4.78, 5) is 30.5. The number of nitrogens with zero attached hydrogens (tertiary/aromatic N) is 5. The Morgan fingerprint density at radius 1 is 1.37 bits per heavy atom. The first-order chi connectivity index (χ1) is 13.0. The molecule has 0 saturated carbocycles. The number of hydrogen-bond donors (Lipinski definition) is 0. The second-order valence-corrected chi connectivity index (χ2v) is 6.59. The predicted molar refractivity (Wildman–Crippen MR) is 102 cm³/mol. The van der Waals surface area contributed by atoms with Crippen LogP contribution in [0.5, 0.6) is 5.75 Å². The van der Waals surface area contributed by atoms with Crippen LogP contribution in [0.4, 0.5) is 0 Å². The number of aromatic nitrogens is 4. The van der Waals surface area contributed by atoms with Gasteiger partial charge < -0.3 is 9.64 Å². The van der Waals surface area contributed by atoms with Crippen LogP contribution >= 0.6 is 11.6 Å². The predicted octanol–water partition coefficient (Wildman–Crippen LogP) is 1.71. The van der Waals surface area contributed by atoms with Crippen molar-refractivity contribution in [2.45, 2.75) is 13.0 Å². The van der Waals surface area contributed by atoms with E-state index in [4.69, 9.17) is 16.3 Å². The molecule has 8 nitrogen and oxygen atoms in total. The quantitative estimate of drug-likeness (QED) is 0.574. The minimum atomic E-state index is -0.279.